The van der Waals surface area contributed by atoms with E-state index in [1.54, 1.807) is 0 Å². The molecule has 0 aromatic carbocycles. The van der Waals surface area contributed by atoms with Gasteiger partial charge in [-0.3, -0.25) is 19.3 Å². The molecule has 0 saturated carbocycles. The van der Waals surface area contributed by atoms with Gasteiger partial charge in [-0.05, 0) is 0 Å². The zero-order valence-electron chi connectivity index (χ0n) is 10.5. The van der Waals surface area contributed by atoms with E-state index in [0.717, 1.165) is 0 Å². The molecule has 0 heterocycles. The van der Waals surface area contributed by atoms with Crippen LogP contribution in [0.25, 0.3) is 0 Å². The van der Waals surface area contributed by atoms with Gasteiger partial charge in [0.15, 0.2) is 0 Å². The monoisotopic (exact) mass is 277 g/mol. The lowest BCUT2D eigenvalue weighted by Crippen LogP contribution is -2.40. The number of rotatable bonds is 12. The second-order valence-corrected chi connectivity index (χ2v) is 3.82. The van der Waals surface area contributed by atoms with Gasteiger partial charge in [0.25, 0.3) is 0 Å². The van der Waals surface area contributed by atoms with Crippen molar-refractivity contribution in [3.8, 4) is 0 Å². The Kier molecular flexibility index (Phi) is 9.31. The molecule has 0 bridgehead atoms. The van der Waals surface area contributed by atoms with Crippen LogP contribution in [0.3, 0.4) is 0 Å². The molecule has 0 fully saturated rings. The van der Waals surface area contributed by atoms with Crippen LogP contribution in [0.15, 0.2) is 0 Å². The fourth-order valence-corrected chi connectivity index (χ4v) is 1.33. The van der Waals surface area contributed by atoms with Crippen LogP contribution in [0.4, 0.5) is 0 Å². The molecular formula is C10H19N3O6. The highest BCUT2D eigenvalue weighted by Crippen LogP contribution is 1.87. The molecule has 0 aliphatic heterocycles. The van der Waals surface area contributed by atoms with Crippen molar-refractivity contribution < 1.29 is 29.7 Å². The summed E-state index contributed by atoms with van der Waals surface area (Å²) < 4.78 is 0. The Morgan fingerprint density at radius 3 is 1.79 bits per heavy atom. The number of carbonyl (C=O) groups is 3. The summed E-state index contributed by atoms with van der Waals surface area (Å²) in [5.41, 5.74) is 0. The van der Waals surface area contributed by atoms with E-state index in [1.807, 2.05) is 0 Å². The summed E-state index contributed by atoms with van der Waals surface area (Å²) in [6, 6.07) is 0. The predicted octanol–water partition coefficient (Wildman–Crippen LogP) is -2.28. The van der Waals surface area contributed by atoms with Gasteiger partial charge in [0.1, 0.15) is 0 Å². The minimum Gasteiger partial charge on any atom is -0.480 e. The van der Waals surface area contributed by atoms with E-state index in [2.05, 4.69) is 10.6 Å². The molecule has 0 aliphatic carbocycles. The van der Waals surface area contributed by atoms with Crippen LogP contribution < -0.4 is 10.6 Å². The molecule has 0 unspecified atom stereocenters. The predicted molar refractivity (Wildman–Crippen MR) is 65.1 cm³/mol. The molecule has 9 heteroatoms. The largest absolute Gasteiger partial charge is 0.480 e. The molecule has 110 valence electrons. The van der Waals surface area contributed by atoms with Crippen LogP contribution >= 0.6 is 0 Å². The van der Waals surface area contributed by atoms with E-state index in [1.165, 1.54) is 4.90 Å². The molecule has 19 heavy (non-hydrogen) atoms. The molecule has 0 saturated heterocycles. The van der Waals surface area contributed by atoms with Crippen LogP contribution in [0, 0.1) is 0 Å². The van der Waals surface area contributed by atoms with Gasteiger partial charge >= 0.3 is 17.9 Å². The third-order valence-electron chi connectivity index (χ3n) is 2.08. The van der Waals surface area contributed by atoms with Crippen LogP contribution in [0.5, 0.6) is 0 Å². The summed E-state index contributed by atoms with van der Waals surface area (Å²) in [4.78, 5) is 32.5. The van der Waals surface area contributed by atoms with Crippen molar-refractivity contribution >= 4 is 17.9 Å². The second-order valence-electron chi connectivity index (χ2n) is 3.82. The standard InChI is InChI=1S/C10H19N3O6/c14-8(15)5-12-2-1-11-3-4-13(6-9(16)17)7-10(18)19/h11-12H,1-7H2,(H,14,15)(H,16,17)(H,18,19). The van der Waals surface area contributed by atoms with Gasteiger partial charge < -0.3 is 26.0 Å². The first kappa shape index (κ1) is 17.3. The van der Waals surface area contributed by atoms with Gasteiger partial charge in [-0.2, -0.15) is 0 Å². The highest BCUT2D eigenvalue weighted by molar-refractivity contribution is 5.72. The summed E-state index contributed by atoms with van der Waals surface area (Å²) in [5, 5.41) is 31.2. The lowest BCUT2D eigenvalue weighted by Gasteiger charge is -2.18. The number of carboxylic acid groups (broad SMARTS) is 3. The number of nitrogens with one attached hydrogen (secondary N) is 2. The third-order valence-corrected chi connectivity index (χ3v) is 2.08. The molecule has 5 N–H and O–H groups in total. The topological polar surface area (TPSA) is 139 Å². The van der Waals surface area contributed by atoms with E-state index in [4.69, 9.17) is 15.3 Å². The van der Waals surface area contributed by atoms with Gasteiger partial charge in [-0.15, -0.1) is 0 Å². The van der Waals surface area contributed by atoms with Crippen LogP contribution in [-0.2, 0) is 14.4 Å². The molecular weight excluding hydrogens is 258 g/mol. The Hall–Kier alpha value is -1.71. The van der Waals surface area contributed by atoms with Crippen molar-refractivity contribution in [1.29, 1.82) is 0 Å². The third kappa shape index (κ3) is 12.5. The first-order valence-electron chi connectivity index (χ1n) is 5.71. The van der Waals surface area contributed by atoms with E-state index >= 15 is 0 Å². The first-order chi connectivity index (χ1) is 8.91. The number of hydrogen-bond acceptors (Lipinski definition) is 6. The van der Waals surface area contributed by atoms with Crippen LogP contribution in [-0.4, -0.2) is 83.9 Å². The molecule has 0 aliphatic rings. The SMILES string of the molecule is O=C(O)CNCCNCCN(CC(=O)O)CC(=O)O. The Bertz CT molecular complexity index is 294. The molecule has 0 amide bonds. The number of hydrogen-bond donors (Lipinski definition) is 5. The van der Waals surface area contributed by atoms with Crippen molar-refractivity contribution in [2.45, 2.75) is 0 Å². The van der Waals surface area contributed by atoms with Crippen molar-refractivity contribution in [3.63, 3.8) is 0 Å². The minimum absolute atomic E-state index is 0.119. The molecule has 0 atom stereocenters. The number of carboxylic acids is 3. The fraction of sp³-hybridized carbons (Fsp3) is 0.700. The zero-order chi connectivity index (χ0) is 14.7. The van der Waals surface area contributed by atoms with Crippen molar-refractivity contribution in [2.24, 2.45) is 0 Å². The van der Waals surface area contributed by atoms with Crippen molar-refractivity contribution in [2.75, 3.05) is 45.8 Å². The average Bonchev–Trinajstić information content (AvgIpc) is 2.25. The molecule has 9 nitrogen and oxygen atoms in total. The highest BCUT2D eigenvalue weighted by atomic mass is 16.4. The molecule has 0 spiro atoms. The fourth-order valence-electron chi connectivity index (χ4n) is 1.33. The molecule has 0 aromatic rings. The summed E-state index contributed by atoms with van der Waals surface area (Å²) in [6.07, 6.45) is 0. The van der Waals surface area contributed by atoms with Gasteiger partial charge in [-0.25, -0.2) is 0 Å². The van der Waals surface area contributed by atoms with Gasteiger partial charge in [0.2, 0.25) is 0 Å². The minimum atomic E-state index is -1.08. The van der Waals surface area contributed by atoms with Gasteiger partial charge in [0, 0.05) is 26.2 Å². The Morgan fingerprint density at radius 2 is 1.32 bits per heavy atom. The van der Waals surface area contributed by atoms with E-state index in [-0.39, 0.29) is 26.2 Å². The van der Waals surface area contributed by atoms with Crippen molar-refractivity contribution in [1.82, 2.24) is 15.5 Å². The Morgan fingerprint density at radius 1 is 0.789 bits per heavy atom. The summed E-state index contributed by atoms with van der Waals surface area (Å²) in [6.45, 7) is 0.917. The maximum absolute atomic E-state index is 10.5. The Labute approximate surface area is 110 Å². The maximum atomic E-state index is 10.5. The first-order valence-corrected chi connectivity index (χ1v) is 5.71. The molecule has 0 aromatic heterocycles. The number of nitrogens with zero attached hydrogens (tertiary/aromatic N) is 1. The maximum Gasteiger partial charge on any atom is 0.317 e. The van der Waals surface area contributed by atoms with Gasteiger partial charge in [0.05, 0.1) is 19.6 Å². The van der Waals surface area contributed by atoms with Crippen LogP contribution in [0.1, 0.15) is 0 Å². The van der Waals surface area contributed by atoms with E-state index in [0.29, 0.717) is 19.6 Å². The Balaban J connectivity index is 3.65. The summed E-state index contributed by atoms with van der Waals surface area (Å²) >= 11 is 0. The molecule has 0 radical (unpaired) electrons. The lowest BCUT2D eigenvalue weighted by molar-refractivity contribution is -0.142. The smallest absolute Gasteiger partial charge is 0.317 e. The van der Waals surface area contributed by atoms with Crippen molar-refractivity contribution in [3.05, 3.63) is 0 Å². The van der Waals surface area contributed by atoms with Crippen LogP contribution in [0.2, 0.25) is 0 Å². The molecule has 0 rings (SSSR count). The normalized spacial score (nSPS) is 10.6. The summed E-state index contributed by atoms with van der Waals surface area (Å²) in [7, 11) is 0. The number of aliphatic carboxylic acids is 3. The quantitative estimate of drug-likeness (QED) is 0.250. The summed E-state index contributed by atoms with van der Waals surface area (Å²) in [5.74, 6) is -3.09. The average molecular weight is 277 g/mol. The van der Waals surface area contributed by atoms with Gasteiger partial charge in [-0.1, -0.05) is 0 Å². The van der Waals surface area contributed by atoms with E-state index in [9.17, 15) is 14.4 Å². The zero-order valence-corrected chi connectivity index (χ0v) is 10.5. The lowest BCUT2D eigenvalue weighted by atomic mass is 10.4. The second kappa shape index (κ2) is 10.2. The van der Waals surface area contributed by atoms with E-state index < -0.39 is 17.9 Å². The highest BCUT2D eigenvalue weighted by Gasteiger charge is 2.12.